The van der Waals surface area contributed by atoms with E-state index in [1.54, 1.807) is 36.4 Å². The van der Waals surface area contributed by atoms with Crippen molar-refractivity contribution in [3.63, 3.8) is 0 Å². The highest BCUT2D eigenvalue weighted by molar-refractivity contribution is 9.10. The molecule has 2 heterocycles. The van der Waals surface area contributed by atoms with Gasteiger partial charge in [-0.05, 0) is 66.7 Å². The highest BCUT2D eigenvalue weighted by atomic mass is 79.9. The van der Waals surface area contributed by atoms with Gasteiger partial charge in [-0.25, -0.2) is 9.37 Å². The van der Waals surface area contributed by atoms with E-state index < -0.39 is 34.5 Å². The van der Waals surface area contributed by atoms with Gasteiger partial charge in [0.25, 0.3) is 11.5 Å². The lowest BCUT2D eigenvalue weighted by atomic mass is 10.2. The number of nitro groups is 1. The molecular weight excluding hydrogens is 673 g/mol. The van der Waals surface area contributed by atoms with Gasteiger partial charge in [0.1, 0.15) is 11.4 Å². The Labute approximate surface area is 265 Å². The fourth-order valence-electron chi connectivity index (χ4n) is 4.46. The molecule has 45 heavy (non-hydrogen) atoms. The van der Waals surface area contributed by atoms with E-state index in [9.17, 15) is 24.1 Å². The number of aromatic nitrogens is 2. The van der Waals surface area contributed by atoms with Crippen molar-refractivity contribution in [1.82, 2.24) is 9.66 Å². The summed E-state index contributed by atoms with van der Waals surface area (Å²) in [6.45, 7) is -0.610. The topological polar surface area (TPSA) is 142 Å². The predicted molar refractivity (Wildman–Crippen MR) is 171 cm³/mol. The van der Waals surface area contributed by atoms with Crippen molar-refractivity contribution in [3.05, 3.63) is 126 Å². The van der Waals surface area contributed by atoms with E-state index in [-0.39, 0.29) is 27.9 Å². The summed E-state index contributed by atoms with van der Waals surface area (Å²) in [6, 6.07) is 21.4. The lowest BCUT2D eigenvalue weighted by Crippen LogP contribution is -2.20. The highest BCUT2D eigenvalue weighted by Crippen LogP contribution is 2.36. The molecule has 0 saturated carbocycles. The molecule has 2 aromatic heterocycles. The van der Waals surface area contributed by atoms with Crippen molar-refractivity contribution in [3.8, 4) is 17.3 Å². The molecule has 0 fully saturated rings. The summed E-state index contributed by atoms with van der Waals surface area (Å²) in [6.07, 6.45) is 1.21. The molecule has 11 nitrogen and oxygen atoms in total. The van der Waals surface area contributed by atoms with Crippen LogP contribution in [0, 0.1) is 15.9 Å². The normalized spacial score (nSPS) is 11.4. The van der Waals surface area contributed by atoms with Gasteiger partial charge in [-0.15, -0.1) is 0 Å². The summed E-state index contributed by atoms with van der Waals surface area (Å²) >= 11 is 9.78. The fraction of sp³-hybridized carbons (Fsp3) is 0.0323. The molecule has 0 saturated heterocycles. The second-order valence-corrected chi connectivity index (χ2v) is 10.9. The minimum atomic E-state index is -0.724. The third-order valence-electron chi connectivity index (χ3n) is 6.49. The summed E-state index contributed by atoms with van der Waals surface area (Å²) in [5.41, 5.74) is 0.427. The molecule has 0 spiro atoms. The summed E-state index contributed by atoms with van der Waals surface area (Å²) in [5, 5.41) is 19.6. The number of hydrogen-bond donors (Lipinski definition) is 1. The summed E-state index contributed by atoms with van der Waals surface area (Å²) in [7, 11) is 0. The predicted octanol–water partition coefficient (Wildman–Crippen LogP) is 7.17. The number of furan rings is 1. The molecule has 6 rings (SSSR count). The second-order valence-electron chi connectivity index (χ2n) is 9.56. The Morgan fingerprint density at radius 3 is 2.69 bits per heavy atom. The van der Waals surface area contributed by atoms with E-state index in [0.29, 0.717) is 22.2 Å². The van der Waals surface area contributed by atoms with E-state index in [2.05, 4.69) is 31.3 Å². The number of anilines is 1. The first-order valence-corrected chi connectivity index (χ1v) is 14.2. The number of carbonyl (C=O) groups is 1. The molecule has 224 valence electrons. The average Bonchev–Trinajstić information content (AvgIpc) is 3.44. The molecule has 0 aliphatic carbocycles. The van der Waals surface area contributed by atoms with Crippen molar-refractivity contribution in [2.24, 2.45) is 5.10 Å². The molecule has 1 N–H and O–H groups in total. The van der Waals surface area contributed by atoms with Crippen LogP contribution in [0.5, 0.6) is 5.75 Å². The average molecular weight is 691 g/mol. The first kappa shape index (κ1) is 29.7. The van der Waals surface area contributed by atoms with Crippen molar-refractivity contribution in [2.75, 3.05) is 11.9 Å². The van der Waals surface area contributed by atoms with Gasteiger partial charge in [0.2, 0.25) is 11.6 Å². The monoisotopic (exact) mass is 689 g/mol. The lowest BCUT2D eigenvalue weighted by molar-refractivity contribution is -0.385. The molecule has 0 radical (unpaired) electrons. The minimum absolute atomic E-state index is 0.106. The molecule has 0 atom stereocenters. The van der Waals surface area contributed by atoms with Gasteiger partial charge in [0.15, 0.2) is 12.4 Å². The number of benzene rings is 4. The standard InChI is InChI=1S/C31H18BrClFN5O6/c32-19-5-10-26-18(13-19)14-27(45-26)30-37-24-4-2-1-3-22(24)31(41)38(30)35-15-17-11-23(33)29(25(12-17)39(42)43)44-16-28(40)36-21-8-6-20(34)7-9-21/h1-15H,16H2,(H,36,40). The Bertz CT molecular complexity index is 2220. The quantitative estimate of drug-likeness (QED) is 0.101. The number of nitro benzene ring substituents is 1. The maximum absolute atomic E-state index is 13.6. The van der Waals surface area contributed by atoms with Crippen LogP contribution >= 0.6 is 27.5 Å². The number of nitrogens with zero attached hydrogens (tertiary/aromatic N) is 4. The lowest BCUT2D eigenvalue weighted by Gasteiger charge is -2.10. The highest BCUT2D eigenvalue weighted by Gasteiger charge is 2.22. The second kappa shape index (κ2) is 12.3. The third-order valence-corrected chi connectivity index (χ3v) is 7.27. The number of ether oxygens (including phenoxy) is 1. The van der Waals surface area contributed by atoms with Crippen molar-refractivity contribution >= 4 is 72.9 Å². The maximum Gasteiger partial charge on any atom is 0.313 e. The number of nitrogens with one attached hydrogen (secondary N) is 1. The third kappa shape index (κ3) is 6.30. The van der Waals surface area contributed by atoms with Gasteiger partial charge in [0.05, 0.1) is 27.1 Å². The first-order chi connectivity index (χ1) is 21.7. The summed E-state index contributed by atoms with van der Waals surface area (Å²) in [5.74, 6) is -1.08. The van der Waals surface area contributed by atoms with Crippen molar-refractivity contribution in [1.29, 1.82) is 0 Å². The Kier molecular flexibility index (Phi) is 8.11. The molecule has 4 aromatic carbocycles. The van der Waals surface area contributed by atoms with Crippen LogP contribution in [0.15, 0.2) is 104 Å². The largest absolute Gasteiger partial charge is 0.476 e. The van der Waals surface area contributed by atoms with Crippen LogP contribution in [0.3, 0.4) is 0 Å². The van der Waals surface area contributed by atoms with Crippen LogP contribution in [-0.2, 0) is 4.79 Å². The van der Waals surface area contributed by atoms with E-state index in [1.807, 2.05) is 12.1 Å². The molecular formula is C31H18BrClFN5O6. The van der Waals surface area contributed by atoms with Gasteiger partial charge >= 0.3 is 5.69 Å². The van der Waals surface area contributed by atoms with Gasteiger partial charge in [-0.3, -0.25) is 19.7 Å². The zero-order valence-electron chi connectivity index (χ0n) is 22.7. The van der Waals surface area contributed by atoms with Crippen LogP contribution in [0.1, 0.15) is 5.56 Å². The van der Waals surface area contributed by atoms with Gasteiger partial charge in [-0.2, -0.15) is 9.78 Å². The SMILES string of the molecule is O=C(COc1c(Cl)cc(C=Nn2c(-c3cc4cc(Br)ccc4o3)nc3ccccc3c2=O)cc1[N+](=O)[O-])Nc1ccc(F)cc1. The van der Waals surface area contributed by atoms with Crippen LogP contribution in [0.4, 0.5) is 15.8 Å². The molecule has 0 aliphatic rings. The number of carbonyl (C=O) groups excluding carboxylic acids is 1. The Hall–Kier alpha value is -5.40. The minimum Gasteiger partial charge on any atom is -0.476 e. The van der Waals surface area contributed by atoms with E-state index in [1.165, 1.54) is 36.5 Å². The van der Waals surface area contributed by atoms with Crippen LogP contribution in [0.2, 0.25) is 5.02 Å². The number of halogens is 3. The van der Waals surface area contributed by atoms with Gasteiger partial charge in [-0.1, -0.05) is 39.7 Å². The zero-order valence-corrected chi connectivity index (χ0v) is 25.1. The molecule has 0 bridgehead atoms. The van der Waals surface area contributed by atoms with Crippen molar-refractivity contribution in [2.45, 2.75) is 0 Å². The number of hydrogen-bond acceptors (Lipinski definition) is 8. The van der Waals surface area contributed by atoms with Gasteiger partial charge < -0.3 is 14.5 Å². The van der Waals surface area contributed by atoms with E-state index >= 15 is 0 Å². The Morgan fingerprint density at radius 1 is 1.13 bits per heavy atom. The number of para-hydroxylation sites is 1. The molecule has 6 aromatic rings. The Morgan fingerprint density at radius 2 is 1.91 bits per heavy atom. The summed E-state index contributed by atoms with van der Waals surface area (Å²) < 4.78 is 26.4. The molecule has 1 amide bonds. The smallest absolute Gasteiger partial charge is 0.313 e. The molecule has 0 aliphatic heterocycles. The zero-order chi connectivity index (χ0) is 31.7. The van der Waals surface area contributed by atoms with Gasteiger partial charge in [0, 0.05) is 27.2 Å². The number of fused-ring (bicyclic) bond motifs is 2. The molecule has 0 unspecified atom stereocenters. The maximum atomic E-state index is 13.6. The first-order valence-electron chi connectivity index (χ1n) is 13.1. The van der Waals surface area contributed by atoms with Crippen LogP contribution in [-0.4, -0.2) is 33.3 Å². The van der Waals surface area contributed by atoms with Crippen LogP contribution < -0.4 is 15.6 Å². The number of amides is 1. The Balaban J connectivity index is 1.34. The summed E-state index contributed by atoms with van der Waals surface area (Å²) in [4.78, 5) is 41.7. The molecule has 14 heteroatoms. The van der Waals surface area contributed by atoms with Crippen molar-refractivity contribution < 1.29 is 23.3 Å². The van der Waals surface area contributed by atoms with E-state index in [4.69, 9.17) is 20.8 Å². The fourth-order valence-corrected chi connectivity index (χ4v) is 5.12. The van der Waals surface area contributed by atoms with Crippen LogP contribution in [0.25, 0.3) is 33.5 Å². The number of rotatable bonds is 8. The van der Waals surface area contributed by atoms with E-state index in [0.717, 1.165) is 20.6 Å².